The van der Waals surface area contributed by atoms with Crippen molar-refractivity contribution in [1.29, 1.82) is 0 Å². The molecule has 0 bridgehead atoms. The van der Waals surface area contributed by atoms with E-state index in [1.54, 1.807) is 7.11 Å². The van der Waals surface area contributed by atoms with E-state index in [1.807, 2.05) is 38.1 Å². The fraction of sp³-hybridized carbons (Fsp3) is 0.444. The minimum absolute atomic E-state index is 0.0975. The molecule has 6 nitrogen and oxygen atoms in total. The van der Waals surface area contributed by atoms with Gasteiger partial charge < -0.3 is 14.5 Å². The number of nitrogens with zero attached hydrogens (tertiary/aromatic N) is 2. The average Bonchev–Trinajstić information content (AvgIpc) is 2.96. The zero-order valence-electron chi connectivity index (χ0n) is 14.3. The van der Waals surface area contributed by atoms with E-state index in [4.69, 9.17) is 9.15 Å². The average molecular weight is 329 g/mol. The molecule has 1 fully saturated rings. The minimum Gasteiger partial charge on any atom is -0.497 e. The maximum atomic E-state index is 12.0. The first kappa shape index (κ1) is 16.5. The van der Waals surface area contributed by atoms with Gasteiger partial charge in [-0.3, -0.25) is 9.69 Å². The summed E-state index contributed by atoms with van der Waals surface area (Å²) in [6, 6.07) is 7.53. The summed E-state index contributed by atoms with van der Waals surface area (Å²) in [6.07, 6.45) is 0.786. The summed E-state index contributed by atoms with van der Waals surface area (Å²) in [5.41, 5.74) is 1.79. The van der Waals surface area contributed by atoms with Crippen LogP contribution < -0.4 is 10.1 Å². The summed E-state index contributed by atoms with van der Waals surface area (Å²) < 4.78 is 11.0. The number of carbonyl (C=O) groups excluding carboxylic acids is 1. The Kier molecular flexibility index (Phi) is 4.85. The molecule has 128 valence electrons. The molecule has 1 aliphatic heterocycles. The van der Waals surface area contributed by atoms with Crippen molar-refractivity contribution in [2.75, 3.05) is 20.2 Å². The van der Waals surface area contributed by atoms with E-state index >= 15 is 0 Å². The third-order valence-electron chi connectivity index (χ3n) is 4.41. The number of aryl methyl sites for hydroxylation is 1. The number of benzene rings is 1. The molecule has 0 radical (unpaired) electrons. The molecule has 2 heterocycles. The van der Waals surface area contributed by atoms with Gasteiger partial charge in [-0.2, -0.15) is 0 Å². The van der Waals surface area contributed by atoms with Crippen molar-refractivity contribution in [3.8, 4) is 17.2 Å². The lowest BCUT2D eigenvalue weighted by molar-refractivity contribution is -0.129. The number of carbonyl (C=O) groups is 1. The first-order valence-electron chi connectivity index (χ1n) is 8.25. The predicted octanol–water partition coefficient (Wildman–Crippen LogP) is 2.37. The SMILES string of the molecule is CC[C@H]1C(=O)NCCN1Cc1nc(-c2ccc(OC)cc2)oc1C. The highest BCUT2D eigenvalue weighted by Crippen LogP contribution is 2.25. The van der Waals surface area contributed by atoms with Gasteiger partial charge in [0.05, 0.1) is 18.8 Å². The first-order chi connectivity index (χ1) is 11.6. The first-order valence-corrected chi connectivity index (χ1v) is 8.25. The second-order valence-corrected chi connectivity index (χ2v) is 5.94. The molecule has 1 aliphatic rings. The third-order valence-corrected chi connectivity index (χ3v) is 4.41. The molecule has 0 spiro atoms. The zero-order chi connectivity index (χ0) is 17.1. The molecule has 0 unspecified atom stereocenters. The van der Waals surface area contributed by atoms with Crippen molar-refractivity contribution in [2.24, 2.45) is 0 Å². The Bertz CT molecular complexity index is 709. The molecule has 24 heavy (non-hydrogen) atoms. The number of aromatic nitrogens is 1. The Morgan fingerprint density at radius 3 is 2.79 bits per heavy atom. The molecule has 1 N–H and O–H groups in total. The molecule has 0 saturated carbocycles. The van der Waals surface area contributed by atoms with Crippen LogP contribution in [0.3, 0.4) is 0 Å². The monoisotopic (exact) mass is 329 g/mol. The summed E-state index contributed by atoms with van der Waals surface area (Å²) in [7, 11) is 1.64. The zero-order valence-corrected chi connectivity index (χ0v) is 14.3. The highest BCUT2D eigenvalue weighted by molar-refractivity contribution is 5.82. The Morgan fingerprint density at radius 2 is 2.12 bits per heavy atom. The van der Waals surface area contributed by atoms with Crippen LogP contribution in [0.25, 0.3) is 11.5 Å². The molecule has 1 aromatic heterocycles. The summed E-state index contributed by atoms with van der Waals surface area (Å²) in [5.74, 6) is 2.29. The van der Waals surface area contributed by atoms with Gasteiger partial charge in [-0.1, -0.05) is 6.92 Å². The summed E-state index contributed by atoms with van der Waals surface area (Å²) in [6.45, 7) is 6.07. The smallest absolute Gasteiger partial charge is 0.237 e. The van der Waals surface area contributed by atoms with Crippen molar-refractivity contribution < 1.29 is 13.9 Å². The quantitative estimate of drug-likeness (QED) is 0.912. The minimum atomic E-state index is -0.0979. The van der Waals surface area contributed by atoms with Crippen LogP contribution in [0.15, 0.2) is 28.7 Å². The number of ether oxygens (including phenoxy) is 1. The van der Waals surface area contributed by atoms with E-state index in [1.165, 1.54) is 0 Å². The number of nitrogens with one attached hydrogen (secondary N) is 1. The largest absolute Gasteiger partial charge is 0.497 e. The van der Waals surface area contributed by atoms with Gasteiger partial charge in [0, 0.05) is 25.2 Å². The Balaban J connectivity index is 1.79. The third kappa shape index (κ3) is 3.28. The molecule has 6 heteroatoms. The summed E-state index contributed by atoms with van der Waals surface area (Å²) in [5, 5.41) is 2.92. The highest BCUT2D eigenvalue weighted by atomic mass is 16.5. The number of methoxy groups -OCH3 is 1. The fourth-order valence-electron chi connectivity index (χ4n) is 3.02. The number of rotatable bonds is 5. The van der Waals surface area contributed by atoms with Gasteiger partial charge in [-0.05, 0) is 37.6 Å². The maximum Gasteiger partial charge on any atom is 0.237 e. The van der Waals surface area contributed by atoms with Crippen LogP contribution in [0.5, 0.6) is 5.75 Å². The fourth-order valence-corrected chi connectivity index (χ4v) is 3.02. The second kappa shape index (κ2) is 7.05. The number of piperazine rings is 1. The van der Waals surface area contributed by atoms with E-state index in [0.29, 0.717) is 19.0 Å². The lowest BCUT2D eigenvalue weighted by Gasteiger charge is -2.33. The van der Waals surface area contributed by atoms with Gasteiger partial charge in [-0.25, -0.2) is 4.98 Å². The summed E-state index contributed by atoms with van der Waals surface area (Å²) in [4.78, 5) is 18.8. The van der Waals surface area contributed by atoms with Gasteiger partial charge in [0.15, 0.2) is 0 Å². The summed E-state index contributed by atoms with van der Waals surface area (Å²) >= 11 is 0. The van der Waals surface area contributed by atoms with Gasteiger partial charge in [0.25, 0.3) is 0 Å². The predicted molar refractivity (Wildman–Crippen MR) is 90.7 cm³/mol. The highest BCUT2D eigenvalue weighted by Gasteiger charge is 2.29. The van der Waals surface area contributed by atoms with Crippen molar-refractivity contribution in [3.63, 3.8) is 0 Å². The topological polar surface area (TPSA) is 67.6 Å². The molecule has 1 saturated heterocycles. The lowest BCUT2D eigenvalue weighted by Crippen LogP contribution is -2.54. The van der Waals surface area contributed by atoms with Crippen LogP contribution in [-0.2, 0) is 11.3 Å². The van der Waals surface area contributed by atoms with Gasteiger partial charge in [0.1, 0.15) is 11.5 Å². The van der Waals surface area contributed by atoms with E-state index in [0.717, 1.165) is 35.7 Å². The molecular weight excluding hydrogens is 306 g/mol. The van der Waals surface area contributed by atoms with Gasteiger partial charge in [0.2, 0.25) is 11.8 Å². The van der Waals surface area contributed by atoms with Crippen LogP contribution in [0, 0.1) is 6.92 Å². The molecular formula is C18H23N3O3. The molecule has 1 amide bonds. The van der Waals surface area contributed by atoms with Crippen molar-refractivity contribution in [3.05, 3.63) is 35.7 Å². The number of amides is 1. The Labute approximate surface area is 141 Å². The van der Waals surface area contributed by atoms with Crippen LogP contribution in [0.2, 0.25) is 0 Å². The molecule has 3 rings (SSSR count). The Morgan fingerprint density at radius 1 is 1.38 bits per heavy atom. The Hall–Kier alpha value is -2.34. The van der Waals surface area contributed by atoms with Crippen molar-refractivity contribution in [2.45, 2.75) is 32.9 Å². The van der Waals surface area contributed by atoms with Crippen molar-refractivity contribution >= 4 is 5.91 Å². The van der Waals surface area contributed by atoms with Crippen LogP contribution in [-0.4, -0.2) is 42.0 Å². The van der Waals surface area contributed by atoms with E-state index in [2.05, 4.69) is 15.2 Å². The van der Waals surface area contributed by atoms with Gasteiger partial charge >= 0.3 is 0 Å². The standard InChI is InChI=1S/C18H23N3O3/c1-4-16-17(22)19-9-10-21(16)11-15-12(2)24-18(20-15)13-5-7-14(23-3)8-6-13/h5-8,16H,4,9-11H2,1-3H3,(H,19,22)/t16-/m0/s1. The lowest BCUT2D eigenvalue weighted by atomic mass is 10.1. The maximum absolute atomic E-state index is 12.0. The van der Waals surface area contributed by atoms with Gasteiger partial charge in [-0.15, -0.1) is 0 Å². The number of oxazole rings is 1. The normalized spacial score (nSPS) is 18.5. The van der Waals surface area contributed by atoms with Crippen LogP contribution in [0.1, 0.15) is 24.8 Å². The molecule has 0 aliphatic carbocycles. The van der Waals surface area contributed by atoms with E-state index < -0.39 is 0 Å². The molecule has 2 aromatic rings. The van der Waals surface area contributed by atoms with E-state index in [9.17, 15) is 4.79 Å². The number of hydrogen-bond acceptors (Lipinski definition) is 5. The van der Waals surface area contributed by atoms with Crippen LogP contribution >= 0.6 is 0 Å². The second-order valence-electron chi connectivity index (χ2n) is 5.94. The van der Waals surface area contributed by atoms with E-state index in [-0.39, 0.29) is 11.9 Å². The molecule has 1 atom stereocenters. The van der Waals surface area contributed by atoms with Crippen molar-refractivity contribution in [1.82, 2.24) is 15.2 Å². The number of hydrogen-bond donors (Lipinski definition) is 1. The van der Waals surface area contributed by atoms with Crippen LogP contribution in [0.4, 0.5) is 0 Å². The molecule has 1 aromatic carbocycles.